The summed E-state index contributed by atoms with van der Waals surface area (Å²) in [5, 5.41) is 11.6. The molecular formula is C15H11ClFNO3. The molecular weight excluding hydrogens is 297 g/mol. The quantitative estimate of drug-likeness (QED) is 0.910. The van der Waals surface area contributed by atoms with Crippen LogP contribution in [0.2, 0.25) is 5.02 Å². The highest BCUT2D eigenvalue weighted by atomic mass is 35.5. The monoisotopic (exact) mass is 307 g/mol. The average molecular weight is 308 g/mol. The van der Waals surface area contributed by atoms with Gasteiger partial charge in [0.2, 0.25) is 5.91 Å². The van der Waals surface area contributed by atoms with E-state index >= 15 is 0 Å². The van der Waals surface area contributed by atoms with Crippen molar-refractivity contribution < 1.29 is 19.1 Å². The molecule has 21 heavy (non-hydrogen) atoms. The number of hydrogen-bond donors (Lipinski definition) is 2. The minimum absolute atomic E-state index is 0.0423. The van der Waals surface area contributed by atoms with Gasteiger partial charge in [-0.05, 0) is 35.9 Å². The number of carbonyl (C=O) groups excluding carboxylic acids is 1. The van der Waals surface area contributed by atoms with Crippen molar-refractivity contribution in [3.8, 4) is 0 Å². The topological polar surface area (TPSA) is 66.4 Å². The lowest BCUT2D eigenvalue weighted by Crippen LogP contribution is -2.15. The summed E-state index contributed by atoms with van der Waals surface area (Å²) in [5.41, 5.74) is 0.454. The largest absolute Gasteiger partial charge is 0.478 e. The minimum Gasteiger partial charge on any atom is -0.478 e. The van der Waals surface area contributed by atoms with Crippen molar-refractivity contribution in [2.45, 2.75) is 6.42 Å². The number of anilines is 1. The van der Waals surface area contributed by atoms with Gasteiger partial charge in [-0.3, -0.25) is 4.79 Å². The van der Waals surface area contributed by atoms with Gasteiger partial charge < -0.3 is 10.4 Å². The van der Waals surface area contributed by atoms with Crippen molar-refractivity contribution in [2.75, 3.05) is 5.32 Å². The molecule has 0 aliphatic heterocycles. The zero-order chi connectivity index (χ0) is 15.4. The van der Waals surface area contributed by atoms with Crippen molar-refractivity contribution in [2.24, 2.45) is 0 Å². The lowest BCUT2D eigenvalue weighted by molar-refractivity contribution is -0.115. The first-order chi connectivity index (χ1) is 9.95. The Labute approximate surface area is 125 Å². The van der Waals surface area contributed by atoms with Gasteiger partial charge in [0, 0.05) is 5.02 Å². The molecule has 2 N–H and O–H groups in total. The van der Waals surface area contributed by atoms with E-state index in [0.29, 0.717) is 10.6 Å². The highest BCUT2D eigenvalue weighted by Gasteiger charge is 2.11. The van der Waals surface area contributed by atoms with Gasteiger partial charge in [-0.1, -0.05) is 23.7 Å². The zero-order valence-corrected chi connectivity index (χ0v) is 11.5. The fourth-order valence-corrected chi connectivity index (χ4v) is 1.99. The Balaban J connectivity index is 2.08. The normalized spacial score (nSPS) is 10.2. The Morgan fingerprint density at radius 2 is 1.95 bits per heavy atom. The van der Waals surface area contributed by atoms with Crippen LogP contribution in [0.1, 0.15) is 15.9 Å². The van der Waals surface area contributed by atoms with Gasteiger partial charge in [-0.2, -0.15) is 0 Å². The van der Waals surface area contributed by atoms with Gasteiger partial charge in [-0.25, -0.2) is 9.18 Å². The second kappa shape index (κ2) is 6.37. The average Bonchev–Trinajstić information content (AvgIpc) is 2.40. The number of nitrogens with one attached hydrogen (secondary N) is 1. The van der Waals surface area contributed by atoms with Crippen molar-refractivity contribution in [3.63, 3.8) is 0 Å². The fourth-order valence-electron chi connectivity index (χ4n) is 1.78. The molecule has 2 rings (SSSR count). The first-order valence-corrected chi connectivity index (χ1v) is 6.40. The predicted octanol–water partition coefficient (Wildman–Crippen LogP) is 3.36. The molecule has 0 fully saturated rings. The van der Waals surface area contributed by atoms with Crippen LogP contribution >= 0.6 is 11.6 Å². The van der Waals surface area contributed by atoms with E-state index in [4.69, 9.17) is 16.7 Å². The van der Waals surface area contributed by atoms with Crippen molar-refractivity contribution in [1.29, 1.82) is 0 Å². The minimum atomic E-state index is -1.23. The number of benzene rings is 2. The molecule has 6 heteroatoms. The first-order valence-electron chi connectivity index (χ1n) is 6.03. The van der Waals surface area contributed by atoms with Crippen molar-refractivity contribution in [1.82, 2.24) is 0 Å². The molecule has 0 aliphatic carbocycles. The second-order valence-electron chi connectivity index (χ2n) is 4.35. The van der Waals surface area contributed by atoms with E-state index in [1.807, 2.05) is 0 Å². The fraction of sp³-hybridized carbons (Fsp3) is 0.0667. The van der Waals surface area contributed by atoms with Crippen LogP contribution in [0, 0.1) is 5.82 Å². The summed E-state index contributed by atoms with van der Waals surface area (Å²) in [6, 6.07) is 10.1. The van der Waals surface area contributed by atoms with Crippen LogP contribution in [0.5, 0.6) is 0 Å². The zero-order valence-electron chi connectivity index (χ0n) is 10.8. The van der Waals surface area contributed by atoms with Gasteiger partial charge in [0.05, 0.1) is 17.7 Å². The molecule has 0 saturated carbocycles. The molecule has 0 aromatic heterocycles. The van der Waals surface area contributed by atoms with E-state index in [1.54, 1.807) is 24.3 Å². The van der Waals surface area contributed by atoms with Crippen LogP contribution in [0.25, 0.3) is 0 Å². The Bertz CT molecular complexity index is 703. The SMILES string of the molecule is O=C(Cc1cccc(Cl)c1)Nc1ccc(C(=O)O)cc1F. The number of carboxylic acid groups (broad SMARTS) is 1. The molecule has 0 spiro atoms. The summed E-state index contributed by atoms with van der Waals surface area (Å²) < 4.78 is 13.7. The van der Waals surface area contributed by atoms with Crippen LogP contribution in [0.4, 0.5) is 10.1 Å². The van der Waals surface area contributed by atoms with Gasteiger partial charge in [0.25, 0.3) is 0 Å². The van der Waals surface area contributed by atoms with E-state index in [-0.39, 0.29) is 17.7 Å². The van der Waals surface area contributed by atoms with Crippen molar-refractivity contribution >= 4 is 29.2 Å². The molecule has 4 nitrogen and oxygen atoms in total. The van der Waals surface area contributed by atoms with Crippen LogP contribution < -0.4 is 5.32 Å². The molecule has 0 bridgehead atoms. The van der Waals surface area contributed by atoms with Gasteiger partial charge in [0.15, 0.2) is 0 Å². The van der Waals surface area contributed by atoms with E-state index in [0.717, 1.165) is 6.07 Å². The molecule has 0 unspecified atom stereocenters. The maximum Gasteiger partial charge on any atom is 0.335 e. The van der Waals surface area contributed by atoms with Crippen LogP contribution in [0.15, 0.2) is 42.5 Å². The number of carbonyl (C=O) groups is 2. The predicted molar refractivity (Wildman–Crippen MR) is 77.1 cm³/mol. The number of aromatic carboxylic acids is 1. The third kappa shape index (κ3) is 4.03. The van der Waals surface area contributed by atoms with E-state index < -0.39 is 17.7 Å². The van der Waals surface area contributed by atoms with Gasteiger partial charge >= 0.3 is 5.97 Å². The lowest BCUT2D eigenvalue weighted by atomic mass is 10.1. The van der Waals surface area contributed by atoms with Crippen LogP contribution in [-0.2, 0) is 11.2 Å². The second-order valence-corrected chi connectivity index (χ2v) is 4.79. The summed E-state index contributed by atoms with van der Waals surface area (Å²) in [4.78, 5) is 22.5. The first kappa shape index (κ1) is 15.0. The van der Waals surface area contributed by atoms with Gasteiger partial charge in [-0.15, -0.1) is 0 Å². The number of carboxylic acids is 1. The lowest BCUT2D eigenvalue weighted by Gasteiger charge is -2.07. The molecule has 0 atom stereocenters. The summed E-state index contributed by atoms with van der Waals surface area (Å²) >= 11 is 5.81. The van der Waals surface area contributed by atoms with Gasteiger partial charge in [0.1, 0.15) is 5.82 Å². The van der Waals surface area contributed by atoms with E-state index in [1.165, 1.54) is 12.1 Å². The standard InChI is InChI=1S/C15H11ClFNO3/c16-11-3-1-2-9(6-11)7-14(19)18-13-5-4-10(15(20)21)8-12(13)17/h1-6,8H,7H2,(H,18,19)(H,20,21). The molecule has 1 amide bonds. The third-order valence-electron chi connectivity index (χ3n) is 2.74. The van der Waals surface area contributed by atoms with Crippen molar-refractivity contribution in [3.05, 3.63) is 64.4 Å². The Kier molecular flexibility index (Phi) is 4.55. The number of rotatable bonds is 4. The Hall–Kier alpha value is -2.40. The Morgan fingerprint density at radius 3 is 2.57 bits per heavy atom. The number of halogens is 2. The maximum absolute atomic E-state index is 13.7. The summed E-state index contributed by atoms with van der Waals surface area (Å²) in [6.07, 6.45) is 0.0423. The smallest absolute Gasteiger partial charge is 0.335 e. The molecule has 2 aromatic rings. The molecule has 2 aromatic carbocycles. The third-order valence-corrected chi connectivity index (χ3v) is 2.98. The highest BCUT2D eigenvalue weighted by molar-refractivity contribution is 6.30. The number of amides is 1. The van der Waals surface area contributed by atoms with Crippen LogP contribution in [-0.4, -0.2) is 17.0 Å². The molecule has 0 aliphatic rings. The molecule has 0 radical (unpaired) electrons. The summed E-state index contributed by atoms with van der Waals surface area (Å²) in [6.45, 7) is 0. The Morgan fingerprint density at radius 1 is 1.19 bits per heavy atom. The van der Waals surface area contributed by atoms with E-state index in [2.05, 4.69) is 5.32 Å². The number of hydrogen-bond acceptors (Lipinski definition) is 2. The summed E-state index contributed by atoms with van der Waals surface area (Å²) in [7, 11) is 0. The molecule has 0 heterocycles. The van der Waals surface area contributed by atoms with Crippen LogP contribution in [0.3, 0.4) is 0 Å². The van der Waals surface area contributed by atoms with E-state index in [9.17, 15) is 14.0 Å². The summed E-state index contributed by atoms with van der Waals surface area (Å²) in [5.74, 6) is -2.45. The highest BCUT2D eigenvalue weighted by Crippen LogP contribution is 2.17. The molecule has 108 valence electrons. The maximum atomic E-state index is 13.7. The molecule has 0 saturated heterocycles.